The van der Waals surface area contributed by atoms with Crippen LogP contribution in [0.1, 0.15) is 38.2 Å². The van der Waals surface area contributed by atoms with E-state index in [0.717, 1.165) is 25.7 Å². The van der Waals surface area contributed by atoms with Gasteiger partial charge in [0.25, 0.3) is 5.91 Å². The van der Waals surface area contributed by atoms with Gasteiger partial charge in [-0.15, -0.1) is 0 Å². The molecule has 1 aliphatic rings. The number of fused-ring (bicyclic) bond motifs is 1. The van der Waals surface area contributed by atoms with Gasteiger partial charge in [0.05, 0.1) is 4.90 Å². The first-order chi connectivity index (χ1) is 9.57. The fourth-order valence-electron chi connectivity index (χ4n) is 2.21. The number of unbranched alkanes of at least 4 members (excludes halogenated alkanes) is 3. The zero-order chi connectivity index (χ0) is 14.6. The maximum atomic E-state index is 12.2. The summed E-state index contributed by atoms with van der Waals surface area (Å²) in [5.41, 5.74) is 0.587. The summed E-state index contributed by atoms with van der Waals surface area (Å²) in [6.07, 6.45) is 5.62. The molecule has 2 rings (SSSR count). The van der Waals surface area contributed by atoms with E-state index in [1.54, 1.807) is 18.2 Å². The Morgan fingerprint density at radius 2 is 1.90 bits per heavy atom. The van der Waals surface area contributed by atoms with Crippen molar-refractivity contribution in [2.24, 2.45) is 0 Å². The van der Waals surface area contributed by atoms with Gasteiger partial charge >= 0.3 is 0 Å². The molecule has 1 amide bonds. The number of hydrogen-bond acceptors (Lipinski definition) is 3. The number of carbonyl (C=O) groups excluding carboxylic acids is 1. The summed E-state index contributed by atoms with van der Waals surface area (Å²) in [7, 11) is -3.64. The smallest absolute Gasteiger partial charge is 0.263 e. The quantitative estimate of drug-likeness (QED) is 0.820. The van der Waals surface area contributed by atoms with Crippen molar-refractivity contribution in [3.05, 3.63) is 34.7 Å². The molecule has 0 fully saturated rings. The average molecular weight is 293 g/mol. The van der Waals surface area contributed by atoms with Crippen molar-refractivity contribution in [2.45, 2.75) is 37.5 Å². The predicted octanol–water partition coefficient (Wildman–Crippen LogP) is 2.51. The molecule has 1 aromatic carbocycles. The molecule has 5 heteroatoms. The molecule has 108 valence electrons. The molecular formula is C15H19NO3S. The van der Waals surface area contributed by atoms with Crippen LogP contribution in [0.15, 0.2) is 34.1 Å². The Morgan fingerprint density at radius 1 is 1.15 bits per heavy atom. The molecule has 0 aromatic heterocycles. The molecule has 0 atom stereocenters. The van der Waals surface area contributed by atoms with Crippen molar-refractivity contribution in [3.63, 3.8) is 0 Å². The normalized spacial score (nSPS) is 15.6. The van der Waals surface area contributed by atoms with Crippen molar-refractivity contribution < 1.29 is 13.2 Å². The van der Waals surface area contributed by atoms with E-state index in [-0.39, 0.29) is 9.80 Å². The monoisotopic (exact) mass is 293 g/mol. The molecule has 0 saturated carbocycles. The van der Waals surface area contributed by atoms with Crippen LogP contribution >= 0.6 is 0 Å². The van der Waals surface area contributed by atoms with E-state index < -0.39 is 15.7 Å². The standard InChI is InChI=1S/C15H19NO3S/c1-2-3-4-7-10-16-15(17)14-11-12-8-5-6-9-13(12)20(14,18)19/h5-6,8-9,11H,2-4,7,10H2,1H3,(H,16,17). The Morgan fingerprint density at radius 3 is 2.60 bits per heavy atom. The maximum absolute atomic E-state index is 12.2. The molecule has 1 heterocycles. The lowest BCUT2D eigenvalue weighted by Crippen LogP contribution is -2.28. The first kappa shape index (κ1) is 14.8. The molecule has 1 N–H and O–H groups in total. The van der Waals surface area contributed by atoms with Crippen LogP contribution in [0.3, 0.4) is 0 Å². The molecule has 20 heavy (non-hydrogen) atoms. The molecule has 0 aliphatic carbocycles. The Hall–Kier alpha value is -1.62. The molecule has 0 bridgehead atoms. The third-order valence-electron chi connectivity index (χ3n) is 3.32. The van der Waals surface area contributed by atoms with E-state index in [4.69, 9.17) is 0 Å². The lowest BCUT2D eigenvalue weighted by Gasteiger charge is -2.06. The second-order valence-corrected chi connectivity index (χ2v) is 6.75. The topological polar surface area (TPSA) is 63.2 Å². The third kappa shape index (κ3) is 2.93. The highest BCUT2D eigenvalue weighted by Gasteiger charge is 2.33. The average Bonchev–Trinajstić information content (AvgIpc) is 2.71. The minimum absolute atomic E-state index is 0.144. The van der Waals surface area contributed by atoms with Crippen LogP contribution in [-0.2, 0) is 14.6 Å². The van der Waals surface area contributed by atoms with E-state index in [1.807, 2.05) is 0 Å². The van der Waals surface area contributed by atoms with Crippen LogP contribution in [0.5, 0.6) is 0 Å². The van der Waals surface area contributed by atoms with Gasteiger partial charge < -0.3 is 5.32 Å². The second kappa shape index (κ2) is 6.22. The molecule has 0 unspecified atom stereocenters. The Bertz CT molecular complexity index is 632. The van der Waals surface area contributed by atoms with Gasteiger partial charge in [-0.25, -0.2) is 8.42 Å². The summed E-state index contributed by atoms with van der Waals surface area (Å²) < 4.78 is 24.5. The zero-order valence-corrected chi connectivity index (χ0v) is 12.4. The third-order valence-corrected chi connectivity index (χ3v) is 5.16. The van der Waals surface area contributed by atoms with Gasteiger partial charge in [-0.1, -0.05) is 44.4 Å². The van der Waals surface area contributed by atoms with E-state index in [9.17, 15) is 13.2 Å². The number of benzene rings is 1. The predicted molar refractivity (Wildman–Crippen MR) is 78.8 cm³/mol. The number of rotatable bonds is 6. The summed E-state index contributed by atoms with van der Waals surface area (Å²) in [5.74, 6) is -0.502. The lowest BCUT2D eigenvalue weighted by molar-refractivity contribution is -0.116. The highest BCUT2D eigenvalue weighted by Crippen LogP contribution is 2.32. The number of nitrogens with one attached hydrogen (secondary N) is 1. The van der Waals surface area contributed by atoms with Gasteiger partial charge in [-0.05, 0) is 24.1 Å². The van der Waals surface area contributed by atoms with Crippen molar-refractivity contribution in [3.8, 4) is 0 Å². The fourth-order valence-corrected chi connectivity index (χ4v) is 3.74. The summed E-state index contributed by atoms with van der Waals surface area (Å²) in [6.45, 7) is 2.63. The molecule has 4 nitrogen and oxygen atoms in total. The number of carbonyl (C=O) groups is 1. The Balaban J connectivity index is 2.02. The van der Waals surface area contributed by atoms with Gasteiger partial charge in [-0.2, -0.15) is 0 Å². The molecule has 1 aromatic rings. The highest BCUT2D eigenvalue weighted by atomic mass is 32.2. The van der Waals surface area contributed by atoms with E-state index in [1.165, 1.54) is 12.1 Å². The molecule has 0 saturated heterocycles. The minimum atomic E-state index is -3.64. The molecule has 1 aliphatic heterocycles. The Labute approximate surface area is 119 Å². The number of sulfone groups is 1. The summed E-state index contributed by atoms with van der Waals surface area (Å²) in [5, 5.41) is 2.69. The van der Waals surface area contributed by atoms with E-state index in [0.29, 0.717) is 12.1 Å². The largest absolute Gasteiger partial charge is 0.351 e. The fraction of sp³-hybridized carbons (Fsp3) is 0.400. The van der Waals surface area contributed by atoms with Crippen LogP contribution in [0.25, 0.3) is 6.08 Å². The van der Waals surface area contributed by atoms with Crippen LogP contribution in [0, 0.1) is 0 Å². The van der Waals surface area contributed by atoms with Crippen LogP contribution in [0.2, 0.25) is 0 Å². The molecule has 0 spiro atoms. The van der Waals surface area contributed by atoms with Crippen molar-refractivity contribution in [1.29, 1.82) is 0 Å². The van der Waals surface area contributed by atoms with E-state index in [2.05, 4.69) is 12.2 Å². The van der Waals surface area contributed by atoms with Crippen LogP contribution in [-0.4, -0.2) is 20.9 Å². The molecular weight excluding hydrogens is 274 g/mol. The SMILES string of the molecule is CCCCCCNC(=O)C1=Cc2ccccc2S1(=O)=O. The first-order valence-corrected chi connectivity index (χ1v) is 8.39. The summed E-state index contributed by atoms with van der Waals surface area (Å²) >= 11 is 0. The maximum Gasteiger partial charge on any atom is 0.263 e. The van der Waals surface area contributed by atoms with Gasteiger partial charge in [0.2, 0.25) is 9.84 Å². The number of amides is 1. The Kier molecular flexibility index (Phi) is 4.60. The minimum Gasteiger partial charge on any atom is -0.351 e. The van der Waals surface area contributed by atoms with Crippen LogP contribution in [0.4, 0.5) is 0 Å². The van der Waals surface area contributed by atoms with E-state index >= 15 is 0 Å². The van der Waals surface area contributed by atoms with Crippen LogP contribution < -0.4 is 5.32 Å². The van der Waals surface area contributed by atoms with Crippen molar-refractivity contribution in [1.82, 2.24) is 5.32 Å². The van der Waals surface area contributed by atoms with Gasteiger partial charge in [0.15, 0.2) is 0 Å². The number of hydrogen-bond donors (Lipinski definition) is 1. The second-order valence-electron chi connectivity index (χ2n) is 4.87. The first-order valence-electron chi connectivity index (χ1n) is 6.91. The summed E-state index contributed by atoms with van der Waals surface area (Å²) in [4.78, 5) is 12.1. The lowest BCUT2D eigenvalue weighted by atomic mass is 10.2. The van der Waals surface area contributed by atoms with Gasteiger partial charge in [0, 0.05) is 6.54 Å². The van der Waals surface area contributed by atoms with Gasteiger partial charge in [0.1, 0.15) is 4.91 Å². The summed E-state index contributed by atoms with van der Waals surface area (Å²) in [6, 6.07) is 6.66. The highest BCUT2D eigenvalue weighted by molar-refractivity contribution is 7.96. The zero-order valence-electron chi connectivity index (χ0n) is 11.6. The van der Waals surface area contributed by atoms with Gasteiger partial charge in [-0.3, -0.25) is 4.79 Å². The van der Waals surface area contributed by atoms with Crippen molar-refractivity contribution >= 4 is 21.8 Å². The van der Waals surface area contributed by atoms with Crippen molar-refractivity contribution in [2.75, 3.05) is 6.54 Å². The molecule has 0 radical (unpaired) electrons.